The van der Waals surface area contributed by atoms with E-state index in [2.05, 4.69) is 9.69 Å². The standard InChI is InChI=1S/C26H29N5O3S/c1-16-11-13-18(14-12-16)22(25(33)29-19-9-5-6-10-19)31(15-17-7-3-2-4-8-17)26(34)23-20(27)21(24(28)32)30-35-23/h2-4,7-8,11-14,19,22H,5-6,9-10,15,27H2,1H3,(H2,28,32)(H,29,33)/t22-/m0/s1. The van der Waals surface area contributed by atoms with Crippen LogP contribution >= 0.6 is 11.5 Å². The predicted octanol–water partition coefficient (Wildman–Crippen LogP) is 3.58. The first-order valence-corrected chi connectivity index (χ1v) is 12.4. The van der Waals surface area contributed by atoms with Gasteiger partial charge in [-0.15, -0.1) is 0 Å². The number of carbonyl (C=O) groups excluding carboxylic acids is 3. The number of aromatic nitrogens is 1. The number of aryl methyl sites for hydroxylation is 1. The number of carbonyl (C=O) groups is 3. The van der Waals surface area contributed by atoms with Crippen LogP contribution in [0.2, 0.25) is 0 Å². The van der Waals surface area contributed by atoms with Crippen LogP contribution < -0.4 is 16.8 Å². The van der Waals surface area contributed by atoms with Crippen molar-refractivity contribution in [2.75, 3.05) is 5.73 Å². The van der Waals surface area contributed by atoms with Gasteiger partial charge in [0, 0.05) is 12.6 Å². The number of nitrogens with two attached hydrogens (primary N) is 2. The van der Waals surface area contributed by atoms with E-state index in [4.69, 9.17) is 11.5 Å². The smallest absolute Gasteiger partial charge is 0.270 e. The molecular formula is C26H29N5O3S. The van der Waals surface area contributed by atoms with Crippen LogP contribution in [0.25, 0.3) is 0 Å². The van der Waals surface area contributed by atoms with Crippen LogP contribution in [0, 0.1) is 6.92 Å². The average Bonchev–Trinajstić information content (AvgIpc) is 3.49. The highest BCUT2D eigenvalue weighted by Gasteiger charge is 2.36. The summed E-state index contributed by atoms with van der Waals surface area (Å²) in [5.74, 6) is -1.53. The molecule has 1 fully saturated rings. The number of nitrogens with one attached hydrogen (secondary N) is 1. The number of nitrogen functional groups attached to an aromatic ring is 1. The molecule has 3 aromatic rings. The first-order chi connectivity index (χ1) is 16.8. The van der Waals surface area contributed by atoms with Crippen molar-refractivity contribution in [3.63, 3.8) is 0 Å². The number of benzene rings is 2. The Balaban J connectivity index is 1.78. The van der Waals surface area contributed by atoms with E-state index in [-0.39, 0.29) is 34.8 Å². The van der Waals surface area contributed by atoms with Crippen LogP contribution in [0.3, 0.4) is 0 Å². The van der Waals surface area contributed by atoms with E-state index in [0.717, 1.165) is 48.3 Å². The number of primary amides is 1. The van der Waals surface area contributed by atoms with Gasteiger partial charge in [0.1, 0.15) is 10.9 Å². The molecule has 0 bridgehead atoms. The molecule has 4 rings (SSSR count). The number of nitrogens with zero attached hydrogens (tertiary/aromatic N) is 2. The third-order valence-electron chi connectivity index (χ3n) is 6.27. The molecule has 1 saturated carbocycles. The van der Waals surface area contributed by atoms with Crippen molar-refractivity contribution in [1.82, 2.24) is 14.6 Å². The molecule has 8 nitrogen and oxygen atoms in total. The molecule has 0 saturated heterocycles. The Hall–Kier alpha value is -3.72. The molecule has 1 aromatic heterocycles. The van der Waals surface area contributed by atoms with Crippen molar-refractivity contribution in [3.05, 3.63) is 81.9 Å². The maximum absolute atomic E-state index is 13.9. The summed E-state index contributed by atoms with van der Waals surface area (Å²) in [7, 11) is 0. The summed E-state index contributed by atoms with van der Waals surface area (Å²) in [6.07, 6.45) is 3.98. The van der Waals surface area contributed by atoms with Gasteiger partial charge in [0.25, 0.3) is 11.8 Å². The second-order valence-electron chi connectivity index (χ2n) is 8.86. The van der Waals surface area contributed by atoms with Crippen LogP contribution in [0.15, 0.2) is 54.6 Å². The molecule has 0 radical (unpaired) electrons. The maximum atomic E-state index is 13.9. The van der Waals surface area contributed by atoms with Gasteiger partial charge in [-0.05, 0) is 42.4 Å². The van der Waals surface area contributed by atoms with Crippen LogP contribution in [-0.2, 0) is 11.3 Å². The number of anilines is 1. The highest BCUT2D eigenvalue weighted by atomic mass is 32.1. The monoisotopic (exact) mass is 491 g/mol. The molecule has 5 N–H and O–H groups in total. The Morgan fingerprint density at radius 2 is 1.74 bits per heavy atom. The fourth-order valence-electron chi connectivity index (χ4n) is 4.39. The topological polar surface area (TPSA) is 131 Å². The van der Waals surface area contributed by atoms with E-state index in [1.54, 1.807) is 0 Å². The molecule has 0 aliphatic heterocycles. The zero-order valence-corrected chi connectivity index (χ0v) is 20.4. The Morgan fingerprint density at radius 1 is 1.09 bits per heavy atom. The highest BCUT2D eigenvalue weighted by molar-refractivity contribution is 7.09. The van der Waals surface area contributed by atoms with Crippen molar-refractivity contribution >= 4 is 34.9 Å². The Labute approximate surface area is 208 Å². The summed E-state index contributed by atoms with van der Waals surface area (Å²) in [5, 5.41) is 3.15. The van der Waals surface area contributed by atoms with Gasteiger partial charge in [-0.25, -0.2) is 0 Å². The SMILES string of the molecule is Cc1ccc([C@@H](C(=O)NC2CCCC2)N(Cc2ccccc2)C(=O)c2snc(C(N)=O)c2N)cc1. The van der Waals surface area contributed by atoms with Crippen LogP contribution in [0.1, 0.15) is 68.6 Å². The predicted molar refractivity (Wildman–Crippen MR) is 136 cm³/mol. The van der Waals surface area contributed by atoms with Gasteiger partial charge < -0.3 is 21.7 Å². The lowest BCUT2D eigenvalue weighted by Gasteiger charge is -2.32. The molecule has 35 heavy (non-hydrogen) atoms. The van der Waals surface area contributed by atoms with E-state index < -0.39 is 17.9 Å². The molecule has 1 aliphatic rings. The van der Waals surface area contributed by atoms with Gasteiger partial charge in [-0.2, -0.15) is 4.37 Å². The second-order valence-corrected chi connectivity index (χ2v) is 9.63. The number of hydrogen-bond donors (Lipinski definition) is 3. The molecule has 0 unspecified atom stereocenters. The highest BCUT2D eigenvalue weighted by Crippen LogP contribution is 2.31. The largest absolute Gasteiger partial charge is 0.395 e. The van der Waals surface area contributed by atoms with Crippen molar-refractivity contribution < 1.29 is 14.4 Å². The minimum absolute atomic E-state index is 0.0654. The molecule has 182 valence electrons. The lowest BCUT2D eigenvalue weighted by atomic mass is 10.0. The first kappa shape index (κ1) is 24.4. The maximum Gasteiger partial charge on any atom is 0.270 e. The van der Waals surface area contributed by atoms with Gasteiger partial charge in [0.05, 0.1) is 5.69 Å². The third-order valence-corrected chi connectivity index (χ3v) is 7.12. The molecule has 1 heterocycles. The Morgan fingerprint density at radius 3 is 2.34 bits per heavy atom. The quantitative estimate of drug-likeness (QED) is 0.443. The van der Waals surface area contributed by atoms with Crippen LogP contribution in [0.5, 0.6) is 0 Å². The molecule has 1 aliphatic carbocycles. The number of hydrogen-bond acceptors (Lipinski definition) is 6. The Kier molecular flexibility index (Phi) is 7.45. The average molecular weight is 492 g/mol. The molecule has 2 aromatic carbocycles. The van der Waals surface area contributed by atoms with Crippen molar-refractivity contribution in [2.24, 2.45) is 5.73 Å². The number of amides is 3. The zero-order chi connectivity index (χ0) is 24.9. The van der Waals surface area contributed by atoms with Gasteiger partial charge >= 0.3 is 0 Å². The van der Waals surface area contributed by atoms with Gasteiger partial charge in [-0.1, -0.05) is 73.0 Å². The van der Waals surface area contributed by atoms with E-state index in [0.29, 0.717) is 5.56 Å². The van der Waals surface area contributed by atoms with Crippen molar-refractivity contribution in [2.45, 2.75) is 51.2 Å². The summed E-state index contributed by atoms with van der Waals surface area (Å²) < 4.78 is 3.99. The molecular weight excluding hydrogens is 462 g/mol. The third kappa shape index (κ3) is 5.51. The van der Waals surface area contributed by atoms with E-state index >= 15 is 0 Å². The second kappa shape index (κ2) is 10.7. The minimum Gasteiger partial charge on any atom is -0.395 e. The van der Waals surface area contributed by atoms with E-state index in [1.165, 1.54) is 4.90 Å². The van der Waals surface area contributed by atoms with E-state index in [1.807, 2.05) is 61.5 Å². The van der Waals surface area contributed by atoms with Gasteiger partial charge in [-0.3, -0.25) is 14.4 Å². The minimum atomic E-state index is -0.901. The summed E-state index contributed by atoms with van der Waals surface area (Å²) in [6, 6.07) is 16.2. The summed E-state index contributed by atoms with van der Waals surface area (Å²) in [4.78, 5) is 40.9. The molecule has 9 heteroatoms. The molecule has 3 amide bonds. The molecule has 1 atom stereocenters. The Bertz CT molecular complexity index is 1200. The van der Waals surface area contributed by atoms with Gasteiger partial charge in [0.15, 0.2) is 5.69 Å². The fraction of sp³-hybridized carbons (Fsp3) is 0.308. The lowest BCUT2D eigenvalue weighted by Crippen LogP contribution is -2.45. The number of rotatable bonds is 8. The first-order valence-electron chi connectivity index (χ1n) is 11.6. The van der Waals surface area contributed by atoms with Gasteiger partial charge in [0.2, 0.25) is 5.91 Å². The van der Waals surface area contributed by atoms with E-state index in [9.17, 15) is 14.4 Å². The molecule has 0 spiro atoms. The normalized spacial score (nSPS) is 14.4. The summed E-state index contributed by atoms with van der Waals surface area (Å²) >= 11 is 0.812. The van der Waals surface area contributed by atoms with Crippen LogP contribution in [0.4, 0.5) is 5.69 Å². The van der Waals surface area contributed by atoms with Crippen molar-refractivity contribution in [3.8, 4) is 0 Å². The lowest BCUT2D eigenvalue weighted by molar-refractivity contribution is -0.126. The summed E-state index contributed by atoms with van der Waals surface area (Å²) in [6.45, 7) is 2.13. The van der Waals surface area contributed by atoms with Crippen molar-refractivity contribution in [1.29, 1.82) is 0 Å². The zero-order valence-electron chi connectivity index (χ0n) is 19.6. The fourth-order valence-corrected chi connectivity index (χ4v) is 5.15. The van der Waals surface area contributed by atoms with Crippen LogP contribution in [-0.4, -0.2) is 33.0 Å². The summed E-state index contributed by atoms with van der Waals surface area (Å²) in [5.41, 5.74) is 13.9.